The smallest absolute Gasteiger partial charge is 0.0182 e. The fraction of sp³-hybridized carbons (Fsp3) is 0.647. The Kier molecular flexibility index (Phi) is 7.95. The molecule has 1 fully saturated rings. The first-order chi connectivity index (χ1) is 8.06. The van der Waals surface area contributed by atoms with Gasteiger partial charge >= 0.3 is 0 Å². The van der Waals surface area contributed by atoms with Gasteiger partial charge in [0.15, 0.2) is 0 Å². The molecule has 0 aromatic heterocycles. The molecule has 0 aromatic carbocycles. The van der Waals surface area contributed by atoms with Crippen LogP contribution in [0.5, 0.6) is 0 Å². The molecule has 1 saturated carbocycles. The minimum Gasteiger partial charge on any atom is -0.0991 e. The van der Waals surface area contributed by atoms with Crippen LogP contribution in [0.1, 0.15) is 54.4 Å². The van der Waals surface area contributed by atoms with Crippen LogP contribution in [-0.4, -0.2) is 0 Å². The van der Waals surface area contributed by atoms with Gasteiger partial charge in [-0.25, -0.2) is 0 Å². The molecule has 0 spiro atoms. The monoisotopic (exact) mass is 234 g/mol. The van der Waals surface area contributed by atoms with E-state index in [9.17, 15) is 0 Å². The zero-order valence-electron chi connectivity index (χ0n) is 12.6. The first-order valence-electron chi connectivity index (χ1n) is 7.09. The van der Waals surface area contributed by atoms with E-state index in [1.54, 1.807) is 5.57 Å². The van der Waals surface area contributed by atoms with E-state index in [1.807, 2.05) is 19.9 Å². The van der Waals surface area contributed by atoms with Crippen molar-refractivity contribution >= 4 is 0 Å². The van der Waals surface area contributed by atoms with Gasteiger partial charge in [-0.3, -0.25) is 0 Å². The molecule has 0 aromatic rings. The lowest BCUT2D eigenvalue weighted by atomic mass is 9.97. The van der Waals surface area contributed by atoms with E-state index in [0.717, 1.165) is 11.8 Å². The molecule has 0 nitrogen and oxygen atoms in total. The summed E-state index contributed by atoms with van der Waals surface area (Å²) >= 11 is 0. The quantitative estimate of drug-likeness (QED) is 0.581. The zero-order valence-corrected chi connectivity index (χ0v) is 12.6. The van der Waals surface area contributed by atoms with Crippen LogP contribution in [0.3, 0.4) is 0 Å². The van der Waals surface area contributed by atoms with Gasteiger partial charge in [0.1, 0.15) is 0 Å². The standard InChI is InChI=1S/C15H24.C2H6/c1-6-7-14-12(4)10-13(5)15(14)9-8-11(2)3;1-2/h6-7,9,11-13H,1,8,10H2,2-5H3;1-2H3/b14-7-,15-9-;. The van der Waals surface area contributed by atoms with E-state index >= 15 is 0 Å². The summed E-state index contributed by atoms with van der Waals surface area (Å²) in [4.78, 5) is 0. The second-order valence-electron chi connectivity index (χ2n) is 5.18. The number of hydrogen-bond donors (Lipinski definition) is 0. The van der Waals surface area contributed by atoms with Gasteiger partial charge < -0.3 is 0 Å². The molecule has 0 aliphatic heterocycles. The first-order valence-corrected chi connectivity index (χ1v) is 7.09. The van der Waals surface area contributed by atoms with Crippen molar-refractivity contribution in [3.05, 3.63) is 36.0 Å². The summed E-state index contributed by atoms with van der Waals surface area (Å²) in [6.07, 6.45) is 9.05. The third kappa shape index (κ3) is 4.93. The van der Waals surface area contributed by atoms with Crippen LogP contribution in [0.4, 0.5) is 0 Å². The second kappa shape index (κ2) is 8.33. The minimum atomic E-state index is 0.705. The Labute approximate surface area is 109 Å². The van der Waals surface area contributed by atoms with Gasteiger partial charge in [-0.1, -0.05) is 66.3 Å². The van der Waals surface area contributed by atoms with Crippen LogP contribution < -0.4 is 0 Å². The van der Waals surface area contributed by atoms with Gasteiger partial charge in [-0.15, -0.1) is 0 Å². The molecule has 2 atom stereocenters. The SMILES string of the molecule is C=C/C=C1\C(=C/CC(C)C)C(C)CC1C.CC. The molecule has 0 heterocycles. The molecule has 0 radical (unpaired) electrons. The molecule has 1 rings (SSSR count). The van der Waals surface area contributed by atoms with E-state index in [-0.39, 0.29) is 0 Å². The molecule has 1 aliphatic carbocycles. The van der Waals surface area contributed by atoms with E-state index in [1.165, 1.54) is 18.4 Å². The van der Waals surface area contributed by atoms with E-state index < -0.39 is 0 Å². The lowest BCUT2D eigenvalue weighted by Crippen LogP contribution is -1.93. The minimum absolute atomic E-state index is 0.705. The molecule has 2 unspecified atom stereocenters. The Hall–Kier alpha value is -0.780. The van der Waals surface area contributed by atoms with Gasteiger partial charge in [-0.05, 0) is 41.7 Å². The fourth-order valence-corrected chi connectivity index (χ4v) is 2.42. The highest BCUT2D eigenvalue weighted by molar-refractivity contribution is 5.40. The van der Waals surface area contributed by atoms with Crippen LogP contribution in [0, 0.1) is 17.8 Å². The van der Waals surface area contributed by atoms with Crippen molar-refractivity contribution < 1.29 is 0 Å². The lowest BCUT2D eigenvalue weighted by Gasteiger charge is -2.08. The van der Waals surface area contributed by atoms with Gasteiger partial charge in [0, 0.05) is 0 Å². The molecule has 1 aliphatic rings. The summed E-state index contributed by atoms with van der Waals surface area (Å²) < 4.78 is 0. The van der Waals surface area contributed by atoms with Crippen LogP contribution >= 0.6 is 0 Å². The van der Waals surface area contributed by atoms with Crippen molar-refractivity contribution in [2.75, 3.05) is 0 Å². The van der Waals surface area contributed by atoms with Gasteiger partial charge in [0.2, 0.25) is 0 Å². The molecule has 17 heavy (non-hydrogen) atoms. The summed E-state index contributed by atoms with van der Waals surface area (Å²) in [7, 11) is 0. The maximum absolute atomic E-state index is 3.81. The van der Waals surface area contributed by atoms with Crippen molar-refractivity contribution in [2.24, 2.45) is 17.8 Å². The van der Waals surface area contributed by atoms with Gasteiger partial charge in [0.25, 0.3) is 0 Å². The number of allylic oxidation sites excluding steroid dienone is 5. The molecule has 98 valence electrons. The lowest BCUT2D eigenvalue weighted by molar-refractivity contribution is 0.591. The largest absolute Gasteiger partial charge is 0.0991 e. The Morgan fingerprint density at radius 1 is 1.18 bits per heavy atom. The first kappa shape index (κ1) is 16.2. The number of hydrogen-bond acceptors (Lipinski definition) is 0. The molecule has 0 N–H and O–H groups in total. The van der Waals surface area contributed by atoms with Crippen LogP contribution in [0.15, 0.2) is 36.0 Å². The van der Waals surface area contributed by atoms with E-state index in [0.29, 0.717) is 5.92 Å². The Morgan fingerprint density at radius 3 is 2.18 bits per heavy atom. The van der Waals surface area contributed by atoms with Crippen LogP contribution in [0.25, 0.3) is 0 Å². The van der Waals surface area contributed by atoms with Crippen molar-refractivity contribution in [2.45, 2.75) is 54.4 Å². The average molecular weight is 234 g/mol. The predicted octanol–water partition coefficient (Wildman–Crippen LogP) is 5.77. The van der Waals surface area contributed by atoms with Crippen molar-refractivity contribution in [1.29, 1.82) is 0 Å². The zero-order chi connectivity index (χ0) is 13.4. The molecule has 0 amide bonds. The van der Waals surface area contributed by atoms with Crippen LogP contribution in [0.2, 0.25) is 0 Å². The fourth-order valence-electron chi connectivity index (χ4n) is 2.42. The molecular weight excluding hydrogens is 204 g/mol. The average Bonchev–Trinajstić information content (AvgIpc) is 2.55. The number of rotatable bonds is 3. The summed E-state index contributed by atoms with van der Waals surface area (Å²) in [6, 6.07) is 0. The highest BCUT2D eigenvalue weighted by atomic mass is 14.3. The predicted molar refractivity (Wildman–Crippen MR) is 80.1 cm³/mol. The second-order valence-corrected chi connectivity index (χ2v) is 5.18. The molecular formula is C17H30. The summed E-state index contributed by atoms with van der Waals surface area (Å²) in [5, 5.41) is 0. The summed E-state index contributed by atoms with van der Waals surface area (Å²) in [5.41, 5.74) is 3.08. The Balaban J connectivity index is 0.00000121. The topological polar surface area (TPSA) is 0 Å². The van der Waals surface area contributed by atoms with E-state index in [2.05, 4.69) is 46.4 Å². The van der Waals surface area contributed by atoms with Crippen molar-refractivity contribution in [1.82, 2.24) is 0 Å². The summed E-state index contributed by atoms with van der Waals surface area (Å²) in [6.45, 7) is 17.0. The molecule has 0 bridgehead atoms. The maximum Gasteiger partial charge on any atom is -0.0182 e. The van der Waals surface area contributed by atoms with Crippen LogP contribution in [-0.2, 0) is 0 Å². The van der Waals surface area contributed by atoms with Gasteiger partial charge in [0.05, 0.1) is 0 Å². The highest BCUT2D eigenvalue weighted by Crippen LogP contribution is 2.40. The third-order valence-electron chi connectivity index (χ3n) is 3.21. The maximum atomic E-state index is 3.81. The Morgan fingerprint density at radius 2 is 1.71 bits per heavy atom. The Bertz CT molecular complexity index is 278. The van der Waals surface area contributed by atoms with Gasteiger partial charge in [-0.2, -0.15) is 0 Å². The third-order valence-corrected chi connectivity index (χ3v) is 3.21. The molecule has 0 saturated heterocycles. The van der Waals surface area contributed by atoms with Crippen molar-refractivity contribution in [3.8, 4) is 0 Å². The normalized spacial score (nSPS) is 28.4. The summed E-state index contributed by atoms with van der Waals surface area (Å²) in [5.74, 6) is 2.19. The van der Waals surface area contributed by atoms with E-state index in [4.69, 9.17) is 0 Å². The van der Waals surface area contributed by atoms with Crippen molar-refractivity contribution in [3.63, 3.8) is 0 Å². The molecule has 0 heteroatoms. The highest BCUT2D eigenvalue weighted by Gasteiger charge is 2.27.